The molecule has 136 valence electrons. The van der Waals surface area contributed by atoms with E-state index < -0.39 is 0 Å². The van der Waals surface area contributed by atoms with Crippen LogP contribution in [0.2, 0.25) is 0 Å². The highest BCUT2D eigenvalue weighted by Gasteiger charge is 2.21. The standard InChI is InChI=1S/C18H29FN4.HI/c1-14(2)23-12-9-16(10-13-23)22-18(20-3)21-11-8-15-6-4-5-7-17(15)19;/h4-7,14,16H,8-13H2,1-3H3,(H2,20,21,22);1H. The molecular formula is C18H30FIN4. The van der Waals surface area contributed by atoms with Gasteiger partial charge in [0.1, 0.15) is 5.82 Å². The van der Waals surface area contributed by atoms with Crippen molar-refractivity contribution in [3.05, 3.63) is 35.6 Å². The van der Waals surface area contributed by atoms with Gasteiger partial charge in [-0.3, -0.25) is 4.99 Å². The van der Waals surface area contributed by atoms with Gasteiger partial charge >= 0.3 is 0 Å². The summed E-state index contributed by atoms with van der Waals surface area (Å²) in [5, 5.41) is 6.77. The maximum atomic E-state index is 13.6. The number of hydrogen-bond donors (Lipinski definition) is 2. The van der Waals surface area contributed by atoms with Crippen molar-refractivity contribution in [2.75, 3.05) is 26.7 Å². The van der Waals surface area contributed by atoms with E-state index in [4.69, 9.17) is 0 Å². The number of aliphatic imine (C=N–C) groups is 1. The zero-order valence-corrected chi connectivity index (χ0v) is 17.2. The maximum Gasteiger partial charge on any atom is 0.191 e. The van der Waals surface area contributed by atoms with Crippen LogP contribution in [0.1, 0.15) is 32.3 Å². The van der Waals surface area contributed by atoms with Gasteiger partial charge in [-0.25, -0.2) is 4.39 Å². The Balaban J connectivity index is 0.00000288. The Hall–Kier alpha value is -0.890. The van der Waals surface area contributed by atoms with E-state index in [-0.39, 0.29) is 29.8 Å². The molecule has 2 rings (SSSR count). The normalized spacial score (nSPS) is 16.8. The molecule has 1 aromatic carbocycles. The largest absolute Gasteiger partial charge is 0.356 e. The van der Waals surface area contributed by atoms with Crippen LogP contribution in [0.4, 0.5) is 4.39 Å². The molecule has 1 aliphatic heterocycles. The van der Waals surface area contributed by atoms with Gasteiger partial charge in [-0.15, -0.1) is 24.0 Å². The minimum absolute atomic E-state index is 0. The molecule has 4 nitrogen and oxygen atoms in total. The zero-order valence-electron chi connectivity index (χ0n) is 14.9. The summed E-state index contributed by atoms with van der Waals surface area (Å²) in [5.41, 5.74) is 0.737. The van der Waals surface area contributed by atoms with Crippen molar-refractivity contribution in [1.29, 1.82) is 0 Å². The van der Waals surface area contributed by atoms with Gasteiger partial charge in [-0.1, -0.05) is 18.2 Å². The van der Waals surface area contributed by atoms with Gasteiger partial charge in [-0.05, 0) is 44.7 Å². The van der Waals surface area contributed by atoms with Crippen molar-refractivity contribution in [2.45, 2.75) is 45.2 Å². The number of nitrogens with one attached hydrogen (secondary N) is 2. The molecule has 1 saturated heterocycles. The highest BCUT2D eigenvalue weighted by Crippen LogP contribution is 2.12. The number of piperidine rings is 1. The molecule has 0 bridgehead atoms. The summed E-state index contributed by atoms with van der Waals surface area (Å²) in [7, 11) is 1.78. The van der Waals surface area contributed by atoms with Gasteiger partial charge in [0, 0.05) is 38.8 Å². The summed E-state index contributed by atoms with van der Waals surface area (Å²) >= 11 is 0. The summed E-state index contributed by atoms with van der Waals surface area (Å²) in [5.74, 6) is 0.669. The molecule has 0 amide bonds. The van der Waals surface area contributed by atoms with E-state index in [0.717, 1.165) is 37.5 Å². The molecule has 0 aliphatic carbocycles. The molecule has 6 heteroatoms. The molecule has 24 heavy (non-hydrogen) atoms. The van der Waals surface area contributed by atoms with E-state index in [2.05, 4.69) is 34.4 Å². The second kappa shape index (κ2) is 10.9. The van der Waals surface area contributed by atoms with Gasteiger partial charge < -0.3 is 15.5 Å². The SMILES string of the molecule is CN=C(NCCc1ccccc1F)NC1CCN(C(C)C)CC1.I. The lowest BCUT2D eigenvalue weighted by molar-refractivity contribution is 0.167. The molecule has 2 N–H and O–H groups in total. The average Bonchev–Trinajstić information content (AvgIpc) is 2.56. The number of likely N-dealkylation sites (tertiary alicyclic amines) is 1. The van der Waals surface area contributed by atoms with Crippen LogP contribution in [0, 0.1) is 5.82 Å². The first-order chi connectivity index (χ1) is 11.1. The number of guanidine groups is 1. The Morgan fingerprint density at radius 2 is 1.96 bits per heavy atom. The summed E-state index contributed by atoms with van der Waals surface area (Å²) < 4.78 is 13.6. The first kappa shape index (κ1) is 21.2. The Morgan fingerprint density at radius 1 is 1.29 bits per heavy atom. The van der Waals surface area contributed by atoms with Gasteiger partial charge in [0.2, 0.25) is 0 Å². The van der Waals surface area contributed by atoms with Crippen LogP contribution >= 0.6 is 24.0 Å². The number of hydrogen-bond acceptors (Lipinski definition) is 2. The van der Waals surface area contributed by atoms with E-state index in [1.807, 2.05) is 12.1 Å². The van der Waals surface area contributed by atoms with Crippen molar-refractivity contribution in [3.8, 4) is 0 Å². The summed E-state index contributed by atoms with van der Waals surface area (Å²) in [6.45, 7) is 7.42. The summed E-state index contributed by atoms with van der Waals surface area (Å²) in [4.78, 5) is 6.78. The minimum atomic E-state index is -0.140. The first-order valence-electron chi connectivity index (χ1n) is 8.54. The van der Waals surface area contributed by atoms with Gasteiger partial charge in [0.25, 0.3) is 0 Å². The maximum absolute atomic E-state index is 13.6. The molecule has 0 spiro atoms. The summed E-state index contributed by atoms with van der Waals surface area (Å²) in [6.07, 6.45) is 2.91. The monoisotopic (exact) mass is 448 g/mol. The average molecular weight is 448 g/mol. The van der Waals surface area contributed by atoms with Gasteiger partial charge in [0.05, 0.1) is 0 Å². The third kappa shape index (κ3) is 6.55. The van der Waals surface area contributed by atoms with Gasteiger partial charge in [0.15, 0.2) is 5.96 Å². The summed E-state index contributed by atoms with van der Waals surface area (Å²) in [6, 6.07) is 8.00. The minimum Gasteiger partial charge on any atom is -0.356 e. The van der Waals surface area contributed by atoms with Crippen molar-refractivity contribution in [3.63, 3.8) is 0 Å². The van der Waals surface area contributed by atoms with E-state index in [0.29, 0.717) is 25.0 Å². The van der Waals surface area contributed by atoms with Gasteiger partial charge in [-0.2, -0.15) is 0 Å². The van der Waals surface area contributed by atoms with Crippen molar-refractivity contribution in [2.24, 2.45) is 4.99 Å². The molecule has 0 saturated carbocycles. The second-order valence-corrected chi connectivity index (χ2v) is 6.39. The number of halogens is 2. The topological polar surface area (TPSA) is 39.7 Å². The van der Waals surface area contributed by atoms with Crippen LogP contribution in [-0.2, 0) is 6.42 Å². The molecular weight excluding hydrogens is 418 g/mol. The van der Waals surface area contributed by atoms with Crippen molar-refractivity contribution >= 4 is 29.9 Å². The van der Waals surface area contributed by atoms with E-state index >= 15 is 0 Å². The molecule has 1 fully saturated rings. The molecule has 0 atom stereocenters. The molecule has 0 aromatic heterocycles. The lowest BCUT2D eigenvalue weighted by Gasteiger charge is -2.35. The molecule has 1 heterocycles. The molecule has 1 aliphatic rings. The lowest BCUT2D eigenvalue weighted by Crippen LogP contribution is -2.50. The highest BCUT2D eigenvalue weighted by atomic mass is 127. The number of rotatable bonds is 5. The third-order valence-electron chi connectivity index (χ3n) is 4.47. The first-order valence-corrected chi connectivity index (χ1v) is 8.54. The molecule has 1 aromatic rings. The Morgan fingerprint density at radius 3 is 2.54 bits per heavy atom. The molecule has 0 unspecified atom stereocenters. The van der Waals surface area contributed by atoms with E-state index in [1.165, 1.54) is 6.07 Å². The van der Waals surface area contributed by atoms with Crippen LogP contribution in [-0.4, -0.2) is 49.6 Å². The predicted molar refractivity (Wildman–Crippen MR) is 110 cm³/mol. The van der Waals surface area contributed by atoms with E-state index in [1.54, 1.807) is 13.1 Å². The van der Waals surface area contributed by atoms with Crippen LogP contribution in [0.5, 0.6) is 0 Å². The third-order valence-corrected chi connectivity index (χ3v) is 4.47. The van der Waals surface area contributed by atoms with Crippen LogP contribution in [0.3, 0.4) is 0 Å². The fourth-order valence-corrected chi connectivity index (χ4v) is 2.96. The fraction of sp³-hybridized carbons (Fsp3) is 0.611. The second-order valence-electron chi connectivity index (χ2n) is 6.39. The quantitative estimate of drug-likeness (QED) is 0.414. The number of nitrogens with zero attached hydrogens (tertiary/aromatic N) is 2. The van der Waals surface area contributed by atoms with Crippen LogP contribution in [0.25, 0.3) is 0 Å². The van der Waals surface area contributed by atoms with E-state index in [9.17, 15) is 4.39 Å². The Kier molecular flexibility index (Phi) is 9.58. The fourth-order valence-electron chi connectivity index (χ4n) is 2.96. The highest BCUT2D eigenvalue weighted by molar-refractivity contribution is 14.0. The smallest absolute Gasteiger partial charge is 0.191 e. The number of benzene rings is 1. The Labute approximate surface area is 162 Å². The zero-order chi connectivity index (χ0) is 16.7. The van der Waals surface area contributed by atoms with Crippen LogP contribution in [0.15, 0.2) is 29.3 Å². The Bertz CT molecular complexity index is 513. The predicted octanol–water partition coefficient (Wildman–Crippen LogP) is 3.02. The lowest BCUT2D eigenvalue weighted by atomic mass is 10.0. The molecule has 0 radical (unpaired) electrons. The van der Waals surface area contributed by atoms with Crippen molar-refractivity contribution in [1.82, 2.24) is 15.5 Å². The van der Waals surface area contributed by atoms with Crippen molar-refractivity contribution < 1.29 is 4.39 Å². The van der Waals surface area contributed by atoms with Crippen LogP contribution < -0.4 is 10.6 Å².